The molecule has 1 aliphatic rings. The summed E-state index contributed by atoms with van der Waals surface area (Å²) in [5.74, 6) is 0.0948. The van der Waals surface area contributed by atoms with Crippen molar-refractivity contribution in [2.24, 2.45) is 0 Å². The largest absolute Gasteiger partial charge is 0.348 e. The van der Waals surface area contributed by atoms with E-state index in [1.165, 1.54) is 16.8 Å². The molecule has 1 unspecified atom stereocenters. The molecule has 0 saturated heterocycles. The number of amides is 1. The summed E-state index contributed by atoms with van der Waals surface area (Å²) in [5, 5.41) is 0. The molecule has 0 saturated carbocycles. The van der Waals surface area contributed by atoms with Gasteiger partial charge < -0.3 is 9.47 Å². The first-order valence-electron chi connectivity index (χ1n) is 9.98. The molecule has 0 aliphatic carbocycles. The molecule has 4 rings (SSSR count). The van der Waals surface area contributed by atoms with Crippen molar-refractivity contribution in [1.82, 2.24) is 9.47 Å². The van der Waals surface area contributed by atoms with Crippen LogP contribution in [-0.2, 0) is 12.0 Å². The van der Waals surface area contributed by atoms with E-state index in [1.54, 1.807) is 0 Å². The lowest BCUT2D eigenvalue weighted by atomic mass is 9.86. The maximum atomic E-state index is 13.4. The second-order valence-corrected chi connectivity index (χ2v) is 8.77. The van der Waals surface area contributed by atoms with E-state index in [1.807, 2.05) is 36.1 Å². The fraction of sp³-hybridized carbons (Fsp3) is 0.320. The molecule has 0 spiro atoms. The number of benzene rings is 2. The SMILES string of the molecule is Cc1ccc(C(=O)N2CCn3cccc3C2c2ccc(C(C)(C)C)cc2)cc1. The Hall–Kier alpha value is -2.81. The first kappa shape index (κ1) is 18.5. The molecular weight excluding hydrogens is 344 g/mol. The van der Waals surface area contributed by atoms with Crippen molar-refractivity contribution in [1.29, 1.82) is 0 Å². The summed E-state index contributed by atoms with van der Waals surface area (Å²) < 4.78 is 2.27. The molecule has 28 heavy (non-hydrogen) atoms. The first-order valence-corrected chi connectivity index (χ1v) is 9.98. The smallest absolute Gasteiger partial charge is 0.254 e. The van der Waals surface area contributed by atoms with Crippen LogP contribution in [-0.4, -0.2) is 21.9 Å². The molecule has 1 amide bonds. The Kier molecular flexibility index (Phi) is 4.62. The van der Waals surface area contributed by atoms with Gasteiger partial charge in [-0.25, -0.2) is 0 Å². The fourth-order valence-electron chi connectivity index (χ4n) is 3.98. The van der Waals surface area contributed by atoms with Gasteiger partial charge in [0.25, 0.3) is 5.91 Å². The Labute approximate surface area is 167 Å². The van der Waals surface area contributed by atoms with Crippen LogP contribution in [0.4, 0.5) is 0 Å². The van der Waals surface area contributed by atoms with Crippen LogP contribution in [0.25, 0.3) is 0 Å². The molecule has 0 N–H and O–H groups in total. The third kappa shape index (κ3) is 3.37. The minimum atomic E-state index is -0.0634. The molecule has 1 aliphatic heterocycles. The van der Waals surface area contributed by atoms with Gasteiger partial charge in [-0.2, -0.15) is 0 Å². The quantitative estimate of drug-likeness (QED) is 0.596. The van der Waals surface area contributed by atoms with Crippen LogP contribution in [0.15, 0.2) is 66.9 Å². The number of nitrogens with zero attached hydrogens (tertiary/aromatic N) is 2. The summed E-state index contributed by atoms with van der Waals surface area (Å²) in [5.41, 5.74) is 5.67. The van der Waals surface area contributed by atoms with Gasteiger partial charge in [-0.3, -0.25) is 4.79 Å². The van der Waals surface area contributed by atoms with E-state index in [0.29, 0.717) is 6.54 Å². The van der Waals surface area contributed by atoms with Crippen molar-refractivity contribution in [3.05, 3.63) is 94.8 Å². The Balaban J connectivity index is 1.74. The van der Waals surface area contributed by atoms with Crippen LogP contribution in [0.1, 0.15) is 59.6 Å². The van der Waals surface area contributed by atoms with Crippen molar-refractivity contribution in [2.75, 3.05) is 6.54 Å². The normalized spacial score (nSPS) is 16.7. The number of carbonyl (C=O) groups excluding carboxylic acids is 1. The van der Waals surface area contributed by atoms with Gasteiger partial charge in [0.1, 0.15) is 0 Å². The standard InChI is InChI=1S/C25H28N2O/c1-18-7-9-20(10-8-18)24(28)27-17-16-26-15-5-6-22(26)23(27)19-11-13-21(14-12-19)25(2,3)4/h5-15,23H,16-17H2,1-4H3. The number of aromatic nitrogens is 1. The van der Waals surface area contributed by atoms with E-state index in [9.17, 15) is 4.79 Å². The maximum absolute atomic E-state index is 13.4. The fourth-order valence-corrected chi connectivity index (χ4v) is 3.98. The van der Waals surface area contributed by atoms with Crippen LogP contribution < -0.4 is 0 Å². The molecule has 0 fully saturated rings. The molecule has 0 bridgehead atoms. The average molecular weight is 373 g/mol. The zero-order valence-corrected chi connectivity index (χ0v) is 17.1. The van der Waals surface area contributed by atoms with Gasteiger partial charge >= 0.3 is 0 Å². The molecule has 3 aromatic rings. The Morgan fingerprint density at radius 2 is 1.61 bits per heavy atom. The van der Waals surface area contributed by atoms with Crippen LogP contribution in [0.5, 0.6) is 0 Å². The van der Waals surface area contributed by atoms with Crippen molar-refractivity contribution in [2.45, 2.75) is 45.7 Å². The molecular formula is C25H28N2O. The summed E-state index contributed by atoms with van der Waals surface area (Å²) in [4.78, 5) is 15.4. The van der Waals surface area contributed by atoms with E-state index >= 15 is 0 Å². The molecule has 0 radical (unpaired) electrons. The maximum Gasteiger partial charge on any atom is 0.254 e. The van der Waals surface area contributed by atoms with Crippen molar-refractivity contribution in [3.8, 4) is 0 Å². The van der Waals surface area contributed by atoms with Gasteiger partial charge in [-0.05, 0) is 47.7 Å². The van der Waals surface area contributed by atoms with Gasteiger partial charge in [0.15, 0.2) is 0 Å². The molecule has 3 heteroatoms. The number of carbonyl (C=O) groups is 1. The van der Waals surface area contributed by atoms with Gasteiger partial charge in [0, 0.05) is 30.5 Å². The van der Waals surface area contributed by atoms with Crippen LogP contribution in [0.2, 0.25) is 0 Å². The highest BCUT2D eigenvalue weighted by molar-refractivity contribution is 5.94. The summed E-state index contributed by atoms with van der Waals surface area (Å²) in [6, 6.07) is 20.8. The molecule has 1 atom stereocenters. The van der Waals surface area contributed by atoms with Crippen molar-refractivity contribution >= 4 is 5.91 Å². The summed E-state index contributed by atoms with van der Waals surface area (Å²) >= 11 is 0. The second-order valence-electron chi connectivity index (χ2n) is 8.77. The number of rotatable bonds is 2. The highest BCUT2D eigenvalue weighted by Crippen LogP contribution is 2.34. The summed E-state index contributed by atoms with van der Waals surface area (Å²) in [6.45, 7) is 10.3. The first-order chi connectivity index (χ1) is 13.3. The second kappa shape index (κ2) is 6.97. The average Bonchev–Trinajstić information content (AvgIpc) is 3.15. The Morgan fingerprint density at radius 1 is 0.929 bits per heavy atom. The van der Waals surface area contributed by atoms with Crippen LogP contribution >= 0.6 is 0 Å². The lowest BCUT2D eigenvalue weighted by Crippen LogP contribution is -2.42. The third-order valence-corrected chi connectivity index (χ3v) is 5.69. The third-order valence-electron chi connectivity index (χ3n) is 5.69. The summed E-state index contributed by atoms with van der Waals surface area (Å²) in [6.07, 6.45) is 2.11. The van der Waals surface area contributed by atoms with Gasteiger partial charge in [-0.15, -0.1) is 0 Å². The van der Waals surface area contributed by atoms with E-state index < -0.39 is 0 Å². The van der Waals surface area contributed by atoms with Gasteiger partial charge in [0.05, 0.1) is 6.04 Å². The van der Waals surface area contributed by atoms with E-state index in [2.05, 4.69) is 67.9 Å². The number of hydrogen-bond acceptors (Lipinski definition) is 1. The molecule has 3 nitrogen and oxygen atoms in total. The number of fused-ring (bicyclic) bond motifs is 1. The molecule has 1 aromatic heterocycles. The molecule has 144 valence electrons. The molecule has 2 heterocycles. The zero-order valence-electron chi connectivity index (χ0n) is 17.1. The van der Waals surface area contributed by atoms with Gasteiger partial charge in [0.2, 0.25) is 0 Å². The lowest BCUT2D eigenvalue weighted by Gasteiger charge is -2.37. The zero-order chi connectivity index (χ0) is 19.9. The van der Waals surface area contributed by atoms with E-state index in [0.717, 1.165) is 17.7 Å². The highest BCUT2D eigenvalue weighted by atomic mass is 16.2. The topological polar surface area (TPSA) is 25.2 Å². The minimum Gasteiger partial charge on any atom is -0.348 e. The van der Waals surface area contributed by atoms with Gasteiger partial charge in [-0.1, -0.05) is 62.7 Å². The summed E-state index contributed by atoms with van der Waals surface area (Å²) in [7, 11) is 0. The Morgan fingerprint density at radius 3 is 2.25 bits per heavy atom. The lowest BCUT2D eigenvalue weighted by molar-refractivity contribution is 0.0664. The van der Waals surface area contributed by atoms with E-state index in [4.69, 9.17) is 0 Å². The predicted octanol–water partition coefficient (Wildman–Crippen LogP) is 5.34. The van der Waals surface area contributed by atoms with Crippen molar-refractivity contribution < 1.29 is 4.79 Å². The monoisotopic (exact) mass is 372 g/mol. The van der Waals surface area contributed by atoms with Crippen LogP contribution in [0, 0.1) is 6.92 Å². The highest BCUT2D eigenvalue weighted by Gasteiger charge is 2.32. The predicted molar refractivity (Wildman–Crippen MR) is 114 cm³/mol. The number of hydrogen-bond donors (Lipinski definition) is 0. The minimum absolute atomic E-state index is 0.0634. The Bertz CT molecular complexity index is 975. The van der Waals surface area contributed by atoms with Crippen LogP contribution in [0.3, 0.4) is 0 Å². The number of aryl methyl sites for hydroxylation is 1. The van der Waals surface area contributed by atoms with E-state index in [-0.39, 0.29) is 17.4 Å². The van der Waals surface area contributed by atoms with Crippen molar-refractivity contribution in [3.63, 3.8) is 0 Å². The molecule has 2 aromatic carbocycles.